The molecule has 0 heterocycles. The summed E-state index contributed by atoms with van der Waals surface area (Å²) >= 11 is 0. The Hall–Kier alpha value is -2.36. The highest BCUT2D eigenvalue weighted by Gasteiger charge is 2.06. The Kier molecular flexibility index (Phi) is 4.03. The van der Waals surface area contributed by atoms with Crippen molar-refractivity contribution in [1.82, 2.24) is 0 Å². The maximum Gasteiger partial charge on any atom is 0.123 e. The van der Waals surface area contributed by atoms with Crippen molar-refractivity contribution in [3.63, 3.8) is 0 Å². The second kappa shape index (κ2) is 5.74. The van der Waals surface area contributed by atoms with E-state index in [0.717, 1.165) is 16.7 Å². The van der Waals surface area contributed by atoms with Gasteiger partial charge in [0.15, 0.2) is 0 Å². The van der Waals surface area contributed by atoms with E-state index in [1.165, 1.54) is 12.1 Å². The maximum atomic E-state index is 13.2. The summed E-state index contributed by atoms with van der Waals surface area (Å²) in [5.41, 5.74) is 8.80. The molecule has 0 aliphatic carbocycles. The first-order valence-corrected chi connectivity index (χ1v) is 6.30. The van der Waals surface area contributed by atoms with E-state index in [-0.39, 0.29) is 18.3 Å². The molecule has 0 aromatic heterocycles. The minimum atomic E-state index is -0.275. The molecule has 0 bridgehead atoms. The van der Waals surface area contributed by atoms with Crippen LogP contribution in [0.25, 0.3) is 0 Å². The Balaban J connectivity index is 2.20. The molecule has 2 aromatic carbocycles. The Morgan fingerprint density at radius 3 is 2.55 bits per heavy atom. The average Bonchev–Trinajstić information content (AvgIpc) is 2.41. The smallest absolute Gasteiger partial charge is 0.123 e. The minimum absolute atomic E-state index is 0.00298. The predicted molar refractivity (Wildman–Crippen MR) is 77.7 cm³/mol. The van der Waals surface area contributed by atoms with Gasteiger partial charge in [-0.2, -0.15) is 0 Å². The van der Waals surface area contributed by atoms with Gasteiger partial charge in [0, 0.05) is 5.56 Å². The summed E-state index contributed by atoms with van der Waals surface area (Å²) in [6, 6.07) is 9.99. The molecule has 0 atom stereocenters. The summed E-state index contributed by atoms with van der Waals surface area (Å²) < 4.78 is 19.0. The zero-order valence-electron chi connectivity index (χ0n) is 11.5. The topological polar surface area (TPSA) is 59.1 Å². The minimum Gasteiger partial charge on any atom is -0.489 e. The van der Waals surface area contributed by atoms with Gasteiger partial charge in [-0.1, -0.05) is 18.2 Å². The summed E-state index contributed by atoms with van der Waals surface area (Å²) in [5, 5.41) is 7.43. The van der Waals surface area contributed by atoms with Gasteiger partial charge in [-0.25, -0.2) is 4.39 Å². The Bertz CT molecular complexity index is 653. The highest BCUT2D eigenvalue weighted by Crippen LogP contribution is 2.21. The van der Waals surface area contributed by atoms with Gasteiger partial charge >= 0.3 is 0 Å². The van der Waals surface area contributed by atoms with Gasteiger partial charge in [0.1, 0.15) is 24.0 Å². The molecular formula is C16H17FN2O. The molecule has 0 amide bonds. The van der Waals surface area contributed by atoms with Crippen LogP contribution in [0.15, 0.2) is 36.4 Å². The lowest BCUT2D eigenvalue weighted by Gasteiger charge is -2.12. The number of ether oxygens (including phenoxy) is 1. The molecule has 0 unspecified atom stereocenters. The highest BCUT2D eigenvalue weighted by molar-refractivity contribution is 5.95. The lowest BCUT2D eigenvalue weighted by Crippen LogP contribution is -2.11. The fourth-order valence-corrected chi connectivity index (χ4v) is 1.87. The normalized spacial score (nSPS) is 10.3. The van der Waals surface area contributed by atoms with Crippen LogP contribution in [-0.2, 0) is 6.61 Å². The van der Waals surface area contributed by atoms with Crippen LogP contribution >= 0.6 is 0 Å². The van der Waals surface area contributed by atoms with E-state index in [2.05, 4.69) is 0 Å². The molecule has 0 spiro atoms. The van der Waals surface area contributed by atoms with Crippen molar-refractivity contribution in [2.45, 2.75) is 20.5 Å². The molecule has 4 heteroatoms. The number of nitrogens with one attached hydrogen (secondary N) is 1. The second-order valence-corrected chi connectivity index (χ2v) is 4.75. The van der Waals surface area contributed by atoms with Crippen molar-refractivity contribution in [1.29, 1.82) is 5.41 Å². The summed E-state index contributed by atoms with van der Waals surface area (Å²) in [7, 11) is 0. The van der Waals surface area contributed by atoms with E-state index in [9.17, 15) is 4.39 Å². The molecule has 0 radical (unpaired) electrons. The van der Waals surface area contributed by atoms with Gasteiger partial charge < -0.3 is 10.5 Å². The van der Waals surface area contributed by atoms with Crippen LogP contribution in [0.4, 0.5) is 4.39 Å². The molecule has 104 valence electrons. The van der Waals surface area contributed by atoms with E-state index in [0.29, 0.717) is 11.3 Å². The average molecular weight is 272 g/mol. The van der Waals surface area contributed by atoms with Gasteiger partial charge in [-0.15, -0.1) is 0 Å². The van der Waals surface area contributed by atoms with Crippen molar-refractivity contribution in [3.05, 3.63) is 64.5 Å². The predicted octanol–water partition coefficient (Wildman–Crippen LogP) is 3.31. The van der Waals surface area contributed by atoms with Crippen molar-refractivity contribution < 1.29 is 9.13 Å². The van der Waals surface area contributed by atoms with E-state index < -0.39 is 0 Å². The molecule has 0 fully saturated rings. The zero-order chi connectivity index (χ0) is 14.7. The molecule has 3 nitrogen and oxygen atoms in total. The lowest BCUT2D eigenvalue weighted by atomic mass is 10.1. The number of nitrogen functional groups attached to an aromatic ring is 1. The molecule has 0 saturated heterocycles. The molecule has 3 N–H and O–H groups in total. The van der Waals surface area contributed by atoms with Crippen LogP contribution in [0.2, 0.25) is 0 Å². The number of halogens is 1. The van der Waals surface area contributed by atoms with Crippen molar-refractivity contribution in [2.24, 2.45) is 5.73 Å². The molecule has 0 aliphatic rings. The van der Waals surface area contributed by atoms with Crippen LogP contribution < -0.4 is 10.5 Å². The third-order valence-corrected chi connectivity index (χ3v) is 3.19. The SMILES string of the molecule is Cc1ccc(F)cc1COc1cc(C(=N)N)ccc1C. The van der Waals surface area contributed by atoms with Crippen molar-refractivity contribution >= 4 is 5.84 Å². The standard InChI is InChI=1S/C16H17FN2O/c1-10-4-6-14(17)7-13(10)9-20-15-8-12(16(18)19)5-3-11(15)2/h3-8H,9H2,1-2H3,(H3,18,19). The fraction of sp³-hybridized carbons (Fsp3) is 0.188. The van der Waals surface area contributed by atoms with Crippen LogP contribution in [0, 0.1) is 25.1 Å². The molecule has 2 rings (SSSR count). The number of nitrogens with two attached hydrogens (primary N) is 1. The third-order valence-electron chi connectivity index (χ3n) is 3.19. The molecule has 2 aromatic rings. The molecule has 20 heavy (non-hydrogen) atoms. The monoisotopic (exact) mass is 272 g/mol. The van der Waals surface area contributed by atoms with Crippen LogP contribution in [0.1, 0.15) is 22.3 Å². The summed E-state index contributed by atoms with van der Waals surface area (Å²) in [6.07, 6.45) is 0. The van der Waals surface area contributed by atoms with E-state index >= 15 is 0 Å². The molecule has 0 saturated carbocycles. The second-order valence-electron chi connectivity index (χ2n) is 4.75. The number of benzene rings is 2. The first-order valence-electron chi connectivity index (χ1n) is 6.30. The van der Waals surface area contributed by atoms with Crippen molar-refractivity contribution in [3.8, 4) is 5.75 Å². The van der Waals surface area contributed by atoms with Crippen LogP contribution in [-0.4, -0.2) is 5.84 Å². The highest BCUT2D eigenvalue weighted by atomic mass is 19.1. The van der Waals surface area contributed by atoms with E-state index in [1.54, 1.807) is 18.2 Å². The molecule has 0 aliphatic heterocycles. The van der Waals surface area contributed by atoms with Crippen molar-refractivity contribution in [2.75, 3.05) is 0 Å². The maximum absolute atomic E-state index is 13.2. The summed E-state index contributed by atoms with van der Waals surface area (Å²) in [6.45, 7) is 4.11. The summed E-state index contributed by atoms with van der Waals surface area (Å²) in [5.74, 6) is 0.376. The van der Waals surface area contributed by atoms with Gasteiger partial charge in [0.05, 0.1) is 0 Å². The Morgan fingerprint density at radius 1 is 1.15 bits per heavy atom. The largest absolute Gasteiger partial charge is 0.489 e. The number of amidine groups is 1. The van der Waals surface area contributed by atoms with Crippen LogP contribution in [0.5, 0.6) is 5.75 Å². The number of hydrogen-bond acceptors (Lipinski definition) is 2. The third kappa shape index (κ3) is 3.15. The van der Waals surface area contributed by atoms with E-state index in [1.807, 2.05) is 19.9 Å². The first kappa shape index (κ1) is 14.1. The van der Waals surface area contributed by atoms with Gasteiger partial charge in [-0.05, 0) is 48.7 Å². The van der Waals surface area contributed by atoms with Gasteiger partial charge in [-0.3, -0.25) is 5.41 Å². The van der Waals surface area contributed by atoms with E-state index in [4.69, 9.17) is 15.9 Å². The Morgan fingerprint density at radius 2 is 1.85 bits per heavy atom. The first-order chi connectivity index (χ1) is 9.47. The number of rotatable bonds is 4. The van der Waals surface area contributed by atoms with Gasteiger partial charge in [0.25, 0.3) is 0 Å². The number of aryl methyl sites for hydroxylation is 2. The lowest BCUT2D eigenvalue weighted by molar-refractivity contribution is 0.302. The molecular weight excluding hydrogens is 255 g/mol. The Labute approximate surface area is 117 Å². The number of hydrogen-bond donors (Lipinski definition) is 2. The zero-order valence-corrected chi connectivity index (χ0v) is 11.5. The quantitative estimate of drug-likeness (QED) is 0.662. The fourth-order valence-electron chi connectivity index (χ4n) is 1.87. The summed E-state index contributed by atoms with van der Waals surface area (Å²) in [4.78, 5) is 0. The van der Waals surface area contributed by atoms with Crippen LogP contribution in [0.3, 0.4) is 0 Å². The van der Waals surface area contributed by atoms with Gasteiger partial charge in [0.2, 0.25) is 0 Å².